The number of carbonyl (C=O) groups excluding carboxylic acids is 2. The average molecular weight is 270 g/mol. The van der Waals surface area contributed by atoms with E-state index in [4.69, 9.17) is 4.74 Å². The van der Waals surface area contributed by atoms with E-state index >= 15 is 0 Å². The highest BCUT2D eigenvalue weighted by atomic mass is 16.5. The van der Waals surface area contributed by atoms with Crippen molar-refractivity contribution in [3.05, 3.63) is 48.0 Å². The van der Waals surface area contributed by atoms with Gasteiger partial charge in [0.2, 0.25) is 0 Å². The minimum absolute atomic E-state index is 0.221. The van der Waals surface area contributed by atoms with E-state index in [-0.39, 0.29) is 12.4 Å². The van der Waals surface area contributed by atoms with Crippen LogP contribution < -0.4 is 0 Å². The summed E-state index contributed by atoms with van der Waals surface area (Å²) in [5, 5.41) is 2.05. The molecule has 0 heterocycles. The molecule has 104 valence electrons. The lowest BCUT2D eigenvalue weighted by Crippen LogP contribution is -2.35. The molecule has 0 saturated carbocycles. The zero-order valence-electron chi connectivity index (χ0n) is 12.0. The molecule has 2 rings (SSSR count). The summed E-state index contributed by atoms with van der Waals surface area (Å²) < 4.78 is 4.98. The summed E-state index contributed by atoms with van der Waals surface area (Å²) >= 11 is 0. The molecule has 2 aromatic carbocycles. The van der Waals surface area contributed by atoms with Crippen molar-refractivity contribution in [1.82, 2.24) is 0 Å². The standard InChI is InChI=1S/C17H18O3/c1-4-20-16(19)17(2,3)15(18)14-10-9-12-7-5-6-8-13(12)11-14/h5-11H,4H2,1-3H3. The number of ether oxygens (including phenoxy) is 1. The largest absolute Gasteiger partial charge is 0.465 e. The highest BCUT2D eigenvalue weighted by Gasteiger charge is 2.38. The minimum Gasteiger partial charge on any atom is -0.465 e. The van der Waals surface area contributed by atoms with Gasteiger partial charge >= 0.3 is 5.97 Å². The SMILES string of the molecule is CCOC(=O)C(C)(C)C(=O)c1ccc2ccccc2c1. The second-order valence-corrected chi connectivity index (χ2v) is 5.24. The third-order valence-electron chi connectivity index (χ3n) is 3.37. The molecule has 0 saturated heterocycles. The summed E-state index contributed by atoms with van der Waals surface area (Å²) in [6.45, 7) is 5.20. The topological polar surface area (TPSA) is 43.4 Å². The van der Waals surface area contributed by atoms with E-state index < -0.39 is 11.4 Å². The van der Waals surface area contributed by atoms with E-state index in [1.165, 1.54) is 0 Å². The molecule has 0 aromatic heterocycles. The van der Waals surface area contributed by atoms with Crippen molar-refractivity contribution >= 4 is 22.5 Å². The molecule has 0 aliphatic rings. The molecule has 0 fully saturated rings. The fourth-order valence-corrected chi connectivity index (χ4v) is 2.10. The van der Waals surface area contributed by atoms with E-state index in [0.717, 1.165) is 10.8 Å². The Morgan fingerprint density at radius 3 is 2.35 bits per heavy atom. The summed E-state index contributed by atoms with van der Waals surface area (Å²) in [7, 11) is 0. The van der Waals surface area contributed by atoms with Crippen molar-refractivity contribution in [3.63, 3.8) is 0 Å². The summed E-state index contributed by atoms with van der Waals surface area (Å²) in [6.07, 6.45) is 0. The maximum atomic E-state index is 12.5. The van der Waals surface area contributed by atoms with Gasteiger partial charge in [0.15, 0.2) is 5.78 Å². The van der Waals surface area contributed by atoms with Gasteiger partial charge in [0, 0.05) is 5.56 Å². The lowest BCUT2D eigenvalue weighted by Gasteiger charge is -2.21. The van der Waals surface area contributed by atoms with E-state index in [0.29, 0.717) is 5.56 Å². The fourth-order valence-electron chi connectivity index (χ4n) is 2.10. The van der Waals surface area contributed by atoms with Crippen LogP contribution in [0.3, 0.4) is 0 Å². The minimum atomic E-state index is -1.17. The van der Waals surface area contributed by atoms with E-state index in [1.54, 1.807) is 26.8 Å². The predicted molar refractivity (Wildman–Crippen MR) is 78.7 cm³/mol. The molecule has 3 heteroatoms. The maximum absolute atomic E-state index is 12.5. The Bertz CT molecular complexity index is 656. The van der Waals surface area contributed by atoms with Crippen LogP contribution in [0.5, 0.6) is 0 Å². The highest BCUT2D eigenvalue weighted by Crippen LogP contribution is 2.26. The molecule has 2 aromatic rings. The summed E-state index contributed by atoms with van der Waals surface area (Å²) in [6, 6.07) is 13.3. The van der Waals surface area contributed by atoms with Crippen LogP contribution in [0.4, 0.5) is 0 Å². The third kappa shape index (κ3) is 2.57. The van der Waals surface area contributed by atoms with E-state index in [1.807, 2.05) is 36.4 Å². The molecule has 0 unspecified atom stereocenters. The molecule has 0 bridgehead atoms. The molecule has 20 heavy (non-hydrogen) atoms. The third-order valence-corrected chi connectivity index (χ3v) is 3.37. The number of Topliss-reactive ketones (excluding diaryl/α,β-unsaturated/α-hetero) is 1. The van der Waals surface area contributed by atoms with E-state index in [9.17, 15) is 9.59 Å². The van der Waals surface area contributed by atoms with Gasteiger partial charge in [-0.05, 0) is 37.6 Å². The number of fused-ring (bicyclic) bond motifs is 1. The zero-order chi connectivity index (χ0) is 14.8. The number of rotatable bonds is 4. The molecule has 0 spiro atoms. The van der Waals surface area contributed by atoms with Crippen molar-refractivity contribution in [1.29, 1.82) is 0 Å². The lowest BCUT2D eigenvalue weighted by molar-refractivity contribution is -0.150. The van der Waals surface area contributed by atoms with Gasteiger partial charge in [-0.2, -0.15) is 0 Å². The van der Waals surface area contributed by atoms with Crippen LogP contribution in [0.1, 0.15) is 31.1 Å². The van der Waals surface area contributed by atoms with Gasteiger partial charge < -0.3 is 4.74 Å². The first-order valence-electron chi connectivity index (χ1n) is 6.67. The monoisotopic (exact) mass is 270 g/mol. The van der Waals surface area contributed by atoms with Crippen LogP contribution >= 0.6 is 0 Å². The van der Waals surface area contributed by atoms with Gasteiger partial charge in [-0.15, -0.1) is 0 Å². The smallest absolute Gasteiger partial charge is 0.319 e. The Morgan fingerprint density at radius 1 is 1.05 bits per heavy atom. The quantitative estimate of drug-likeness (QED) is 0.484. The van der Waals surface area contributed by atoms with E-state index in [2.05, 4.69) is 0 Å². The first-order chi connectivity index (χ1) is 9.46. The normalized spacial score (nSPS) is 11.3. The Labute approximate surface area is 118 Å². The maximum Gasteiger partial charge on any atom is 0.319 e. The molecule has 0 atom stereocenters. The number of esters is 1. The second kappa shape index (κ2) is 5.45. The van der Waals surface area contributed by atoms with Gasteiger partial charge in [-0.25, -0.2) is 0 Å². The van der Waals surface area contributed by atoms with Crippen molar-refractivity contribution < 1.29 is 14.3 Å². The first-order valence-corrected chi connectivity index (χ1v) is 6.67. The van der Waals surface area contributed by atoms with Crippen LogP contribution in [-0.4, -0.2) is 18.4 Å². The number of ketones is 1. The fraction of sp³-hybridized carbons (Fsp3) is 0.294. The predicted octanol–water partition coefficient (Wildman–Crippen LogP) is 3.61. The first kappa shape index (κ1) is 14.3. The lowest BCUT2D eigenvalue weighted by atomic mass is 9.84. The summed E-state index contributed by atoms with van der Waals surface area (Å²) in [5.74, 6) is -0.708. The summed E-state index contributed by atoms with van der Waals surface area (Å²) in [4.78, 5) is 24.4. The average Bonchev–Trinajstić information content (AvgIpc) is 2.46. The van der Waals surface area contributed by atoms with Crippen LogP contribution in [0.15, 0.2) is 42.5 Å². The molecule has 3 nitrogen and oxygen atoms in total. The van der Waals surface area contributed by atoms with Gasteiger partial charge in [0.25, 0.3) is 0 Å². The molecule has 0 aliphatic heterocycles. The van der Waals surface area contributed by atoms with Gasteiger partial charge in [0.1, 0.15) is 5.41 Å². The molecule has 0 radical (unpaired) electrons. The number of hydrogen-bond acceptors (Lipinski definition) is 3. The van der Waals surface area contributed by atoms with Crippen LogP contribution in [0.2, 0.25) is 0 Å². The summed E-state index contributed by atoms with van der Waals surface area (Å²) in [5.41, 5.74) is -0.639. The Balaban J connectivity index is 2.37. The molecular formula is C17H18O3. The van der Waals surface area contributed by atoms with Crippen molar-refractivity contribution in [3.8, 4) is 0 Å². The van der Waals surface area contributed by atoms with Crippen LogP contribution in [-0.2, 0) is 9.53 Å². The Hall–Kier alpha value is -2.16. The van der Waals surface area contributed by atoms with Crippen molar-refractivity contribution in [2.24, 2.45) is 5.41 Å². The van der Waals surface area contributed by atoms with Crippen LogP contribution in [0, 0.1) is 5.41 Å². The Morgan fingerprint density at radius 2 is 1.70 bits per heavy atom. The number of carbonyl (C=O) groups is 2. The number of benzene rings is 2. The Kier molecular flexibility index (Phi) is 3.89. The molecular weight excluding hydrogens is 252 g/mol. The zero-order valence-corrected chi connectivity index (χ0v) is 12.0. The van der Waals surface area contributed by atoms with Gasteiger partial charge in [0.05, 0.1) is 6.61 Å². The molecule has 0 N–H and O–H groups in total. The highest BCUT2D eigenvalue weighted by molar-refractivity contribution is 6.13. The number of hydrogen-bond donors (Lipinski definition) is 0. The van der Waals surface area contributed by atoms with Crippen LogP contribution in [0.25, 0.3) is 10.8 Å². The second-order valence-electron chi connectivity index (χ2n) is 5.24. The van der Waals surface area contributed by atoms with Crippen molar-refractivity contribution in [2.45, 2.75) is 20.8 Å². The van der Waals surface area contributed by atoms with Crippen molar-refractivity contribution in [2.75, 3.05) is 6.61 Å². The van der Waals surface area contributed by atoms with Gasteiger partial charge in [-0.3, -0.25) is 9.59 Å². The molecule has 0 aliphatic carbocycles. The van der Waals surface area contributed by atoms with Gasteiger partial charge in [-0.1, -0.05) is 36.4 Å². The molecule has 0 amide bonds.